The Hall–Kier alpha value is -1.98. The molecule has 25 heavy (non-hydrogen) atoms. The van der Waals surface area contributed by atoms with Crippen LogP contribution in [0.1, 0.15) is 49.5 Å². The summed E-state index contributed by atoms with van der Waals surface area (Å²) < 4.78 is 5.63. The zero-order valence-electron chi connectivity index (χ0n) is 15.2. The molecule has 2 aromatic rings. The lowest BCUT2D eigenvalue weighted by molar-refractivity contribution is 0.155. The maximum Gasteiger partial charge on any atom is 0.123 e. The summed E-state index contributed by atoms with van der Waals surface area (Å²) in [5, 5.41) is 3.65. The first-order valence-corrected chi connectivity index (χ1v) is 9.16. The summed E-state index contributed by atoms with van der Waals surface area (Å²) in [6, 6.07) is 8.84. The van der Waals surface area contributed by atoms with E-state index in [9.17, 15) is 0 Å². The molecule has 3 rings (SSSR count). The van der Waals surface area contributed by atoms with Crippen LogP contribution in [0.25, 0.3) is 0 Å². The van der Waals surface area contributed by atoms with Crippen molar-refractivity contribution in [2.24, 2.45) is 0 Å². The van der Waals surface area contributed by atoms with Crippen LogP contribution in [0.4, 0.5) is 0 Å². The van der Waals surface area contributed by atoms with Gasteiger partial charge in [0.15, 0.2) is 0 Å². The van der Waals surface area contributed by atoms with Gasteiger partial charge in [-0.25, -0.2) is 0 Å². The number of hydrogen-bond donors (Lipinski definition) is 1. The Morgan fingerprint density at radius 1 is 1.16 bits per heavy atom. The molecular weight excluding hydrogens is 312 g/mol. The Balaban J connectivity index is 1.76. The van der Waals surface area contributed by atoms with Crippen LogP contribution in [0.3, 0.4) is 0 Å². The molecule has 0 radical (unpaired) electrons. The molecule has 1 saturated heterocycles. The molecule has 1 N–H and O–H groups in total. The molecule has 1 aromatic carbocycles. The number of rotatable bonds is 7. The second kappa shape index (κ2) is 8.92. The molecule has 5 nitrogen and oxygen atoms in total. The molecule has 2 unspecified atom stereocenters. The second-order valence-corrected chi connectivity index (χ2v) is 6.61. The van der Waals surface area contributed by atoms with E-state index in [4.69, 9.17) is 4.74 Å². The van der Waals surface area contributed by atoms with Gasteiger partial charge in [-0.3, -0.25) is 14.9 Å². The average molecular weight is 340 g/mol. The lowest BCUT2D eigenvalue weighted by atomic mass is 10.00. The minimum Gasteiger partial charge on any atom is -0.496 e. The van der Waals surface area contributed by atoms with Crippen LogP contribution >= 0.6 is 0 Å². The van der Waals surface area contributed by atoms with Crippen LogP contribution in [-0.4, -0.2) is 41.6 Å². The van der Waals surface area contributed by atoms with Crippen LogP contribution in [0, 0.1) is 0 Å². The van der Waals surface area contributed by atoms with E-state index in [0.717, 1.165) is 31.1 Å². The van der Waals surface area contributed by atoms with Crippen molar-refractivity contribution in [2.75, 3.05) is 26.7 Å². The van der Waals surface area contributed by atoms with E-state index in [-0.39, 0.29) is 6.04 Å². The first-order chi connectivity index (χ1) is 12.3. The first kappa shape index (κ1) is 17.8. The number of aromatic nitrogens is 2. The average Bonchev–Trinajstić information content (AvgIpc) is 2.70. The molecular formula is C20H28N4O. The maximum atomic E-state index is 5.63. The van der Waals surface area contributed by atoms with Gasteiger partial charge in [-0.05, 0) is 38.9 Å². The predicted octanol–water partition coefficient (Wildman–Crippen LogP) is 3.36. The summed E-state index contributed by atoms with van der Waals surface area (Å²) in [5.74, 6) is 0.965. The van der Waals surface area contributed by atoms with E-state index in [2.05, 4.69) is 45.3 Å². The van der Waals surface area contributed by atoms with Gasteiger partial charge in [0, 0.05) is 36.7 Å². The van der Waals surface area contributed by atoms with Crippen LogP contribution < -0.4 is 10.1 Å². The summed E-state index contributed by atoms with van der Waals surface area (Å²) in [6.07, 6.45) is 9.16. The molecule has 0 bridgehead atoms. The van der Waals surface area contributed by atoms with Crippen molar-refractivity contribution in [3.05, 3.63) is 54.1 Å². The molecule has 2 atom stereocenters. The van der Waals surface area contributed by atoms with Crippen molar-refractivity contribution in [1.82, 2.24) is 20.2 Å². The Morgan fingerprint density at radius 2 is 1.96 bits per heavy atom. The van der Waals surface area contributed by atoms with Gasteiger partial charge >= 0.3 is 0 Å². The van der Waals surface area contributed by atoms with E-state index in [1.165, 1.54) is 24.8 Å². The number of likely N-dealkylation sites (tertiary alicyclic amines) is 1. The quantitative estimate of drug-likeness (QED) is 0.837. The number of nitrogens with one attached hydrogen (secondary N) is 1. The standard InChI is InChI=1S/C20H28N4O/c1-16(18-14-21-10-11-22-18)23-15-19(24-12-6-3-7-13-24)17-8-4-5-9-20(17)25-2/h4-5,8-11,14,16,19,23H,3,6-7,12-13,15H2,1-2H3. The van der Waals surface area contributed by atoms with Crippen molar-refractivity contribution in [2.45, 2.75) is 38.3 Å². The van der Waals surface area contributed by atoms with Crippen LogP contribution in [0.15, 0.2) is 42.9 Å². The molecule has 134 valence electrons. The third kappa shape index (κ3) is 4.55. The summed E-state index contributed by atoms with van der Waals surface area (Å²) in [6.45, 7) is 5.28. The molecule has 2 heterocycles. The molecule has 0 aliphatic carbocycles. The third-order valence-electron chi connectivity index (χ3n) is 4.97. The van der Waals surface area contributed by atoms with Gasteiger partial charge in [-0.1, -0.05) is 24.6 Å². The number of nitrogens with zero attached hydrogens (tertiary/aromatic N) is 3. The molecule has 0 saturated carbocycles. The van der Waals surface area contributed by atoms with Gasteiger partial charge < -0.3 is 10.1 Å². The number of methoxy groups -OCH3 is 1. The van der Waals surface area contributed by atoms with Crippen LogP contribution in [0.2, 0.25) is 0 Å². The van der Waals surface area contributed by atoms with E-state index < -0.39 is 0 Å². The van der Waals surface area contributed by atoms with Crippen molar-refractivity contribution in [3.63, 3.8) is 0 Å². The summed E-state index contributed by atoms with van der Waals surface area (Å²) in [4.78, 5) is 11.2. The molecule has 1 aliphatic heterocycles. The minimum atomic E-state index is 0.163. The van der Waals surface area contributed by atoms with Crippen molar-refractivity contribution < 1.29 is 4.74 Å². The zero-order chi connectivity index (χ0) is 17.5. The number of piperidine rings is 1. The third-order valence-corrected chi connectivity index (χ3v) is 4.97. The lowest BCUT2D eigenvalue weighted by Gasteiger charge is -2.36. The van der Waals surface area contributed by atoms with Crippen LogP contribution in [0.5, 0.6) is 5.75 Å². The van der Waals surface area contributed by atoms with E-state index in [0.29, 0.717) is 6.04 Å². The van der Waals surface area contributed by atoms with Crippen molar-refractivity contribution in [1.29, 1.82) is 0 Å². The highest BCUT2D eigenvalue weighted by molar-refractivity contribution is 5.36. The molecule has 1 fully saturated rings. The highest BCUT2D eigenvalue weighted by atomic mass is 16.5. The van der Waals surface area contributed by atoms with Crippen LogP contribution in [-0.2, 0) is 0 Å². The zero-order valence-corrected chi connectivity index (χ0v) is 15.2. The first-order valence-electron chi connectivity index (χ1n) is 9.16. The van der Waals surface area contributed by atoms with Crippen molar-refractivity contribution in [3.8, 4) is 5.75 Å². The number of hydrogen-bond acceptors (Lipinski definition) is 5. The normalized spacial score (nSPS) is 17.8. The Labute approximate surface area is 150 Å². The van der Waals surface area contributed by atoms with Gasteiger partial charge in [-0.15, -0.1) is 0 Å². The molecule has 0 spiro atoms. The van der Waals surface area contributed by atoms with E-state index >= 15 is 0 Å². The fourth-order valence-electron chi connectivity index (χ4n) is 3.53. The number of para-hydroxylation sites is 1. The number of benzene rings is 1. The van der Waals surface area contributed by atoms with Gasteiger partial charge in [-0.2, -0.15) is 0 Å². The second-order valence-electron chi connectivity index (χ2n) is 6.61. The smallest absolute Gasteiger partial charge is 0.123 e. The Kier molecular flexibility index (Phi) is 6.36. The van der Waals surface area contributed by atoms with E-state index in [1.807, 2.05) is 12.3 Å². The lowest BCUT2D eigenvalue weighted by Crippen LogP contribution is -2.40. The van der Waals surface area contributed by atoms with E-state index in [1.54, 1.807) is 19.5 Å². The monoisotopic (exact) mass is 340 g/mol. The SMILES string of the molecule is COc1ccccc1C(CNC(C)c1cnccn1)N1CCCCC1. The summed E-state index contributed by atoms with van der Waals surface area (Å²) in [5.41, 5.74) is 2.23. The topological polar surface area (TPSA) is 50.3 Å². The van der Waals surface area contributed by atoms with Gasteiger partial charge in [0.25, 0.3) is 0 Å². The maximum absolute atomic E-state index is 5.63. The number of ether oxygens (including phenoxy) is 1. The highest BCUT2D eigenvalue weighted by Crippen LogP contribution is 2.31. The largest absolute Gasteiger partial charge is 0.496 e. The fourth-order valence-corrected chi connectivity index (χ4v) is 3.53. The fraction of sp³-hybridized carbons (Fsp3) is 0.500. The van der Waals surface area contributed by atoms with Crippen molar-refractivity contribution >= 4 is 0 Å². The predicted molar refractivity (Wildman–Crippen MR) is 99.6 cm³/mol. The van der Waals surface area contributed by atoms with Gasteiger partial charge in [0.2, 0.25) is 0 Å². The molecule has 1 aromatic heterocycles. The molecule has 1 aliphatic rings. The minimum absolute atomic E-state index is 0.163. The Morgan fingerprint density at radius 3 is 2.68 bits per heavy atom. The Bertz CT molecular complexity index is 643. The summed E-state index contributed by atoms with van der Waals surface area (Å²) >= 11 is 0. The highest BCUT2D eigenvalue weighted by Gasteiger charge is 2.25. The molecule has 0 amide bonds. The summed E-state index contributed by atoms with van der Waals surface area (Å²) in [7, 11) is 1.75. The van der Waals surface area contributed by atoms with Gasteiger partial charge in [0.05, 0.1) is 18.8 Å². The van der Waals surface area contributed by atoms with Gasteiger partial charge in [0.1, 0.15) is 5.75 Å². The molecule has 5 heteroatoms.